The van der Waals surface area contributed by atoms with Crippen LogP contribution in [-0.4, -0.2) is 26.2 Å². The minimum atomic E-state index is -0.0305. The first-order valence-electron chi connectivity index (χ1n) is 8.48. The van der Waals surface area contributed by atoms with Gasteiger partial charge in [0.1, 0.15) is 5.75 Å². The van der Waals surface area contributed by atoms with Crippen LogP contribution in [0.15, 0.2) is 42.5 Å². The molecule has 0 fully saturated rings. The molecule has 0 aliphatic carbocycles. The summed E-state index contributed by atoms with van der Waals surface area (Å²) in [4.78, 5) is 12.1. The number of benzene rings is 2. The Labute approximate surface area is 148 Å². The van der Waals surface area contributed by atoms with E-state index in [0.717, 1.165) is 28.5 Å². The summed E-state index contributed by atoms with van der Waals surface area (Å²) >= 11 is 0. The molecule has 0 aliphatic rings. The van der Waals surface area contributed by atoms with Gasteiger partial charge < -0.3 is 19.5 Å². The van der Waals surface area contributed by atoms with Crippen LogP contribution in [0, 0.1) is 0 Å². The number of hydrogen-bond donors (Lipinski definition) is 1. The molecule has 2 rings (SSSR count). The molecule has 0 spiro atoms. The predicted octanol–water partition coefficient (Wildman–Crippen LogP) is 4.06. The highest BCUT2D eigenvalue weighted by Gasteiger charge is 2.08. The number of methoxy groups -OCH3 is 1. The first-order valence-corrected chi connectivity index (χ1v) is 8.48. The molecule has 5 heteroatoms. The minimum absolute atomic E-state index is 0.0305. The summed E-state index contributed by atoms with van der Waals surface area (Å²) < 4.78 is 16.3. The van der Waals surface area contributed by atoms with Gasteiger partial charge in [-0.15, -0.1) is 0 Å². The molecule has 0 atom stereocenters. The van der Waals surface area contributed by atoms with Crippen molar-refractivity contribution in [1.82, 2.24) is 0 Å². The normalized spacial score (nSPS) is 10.2. The number of aryl methyl sites for hydroxylation is 1. The fraction of sp³-hybridized carbons (Fsp3) is 0.350. The number of anilines is 1. The van der Waals surface area contributed by atoms with Crippen molar-refractivity contribution in [1.29, 1.82) is 0 Å². The molecule has 0 unspecified atom stereocenters. The SMILES string of the molecule is CCOc1ccc(CCC(=O)Nc2ccc(OC)cc2)cc1OCC. The van der Waals surface area contributed by atoms with Crippen LogP contribution in [0.3, 0.4) is 0 Å². The molecule has 134 valence electrons. The van der Waals surface area contributed by atoms with E-state index < -0.39 is 0 Å². The zero-order chi connectivity index (χ0) is 18.1. The van der Waals surface area contributed by atoms with Crippen LogP contribution < -0.4 is 19.5 Å². The Bertz CT molecular complexity index is 683. The van der Waals surface area contributed by atoms with E-state index in [1.807, 2.05) is 56.3 Å². The second-order valence-corrected chi connectivity index (χ2v) is 5.42. The molecule has 0 heterocycles. The van der Waals surface area contributed by atoms with E-state index in [1.54, 1.807) is 7.11 Å². The van der Waals surface area contributed by atoms with Crippen LogP contribution in [0.1, 0.15) is 25.8 Å². The fourth-order valence-corrected chi connectivity index (χ4v) is 2.41. The lowest BCUT2D eigenvalue weighted by atomic mass is 10.1. The Morgan fingerprint density at radius 1 is 0.960 bits per heavy atom. The molecule has 1 amide bonds. The van der Waals surface area contributed by atoms with Crippen molar-refractivity contribution in [3.63, 3.8) is 0 Å². The lowest BCUT2D eigenvalue weighted by Crippen LogP contribution is -2.12. The third-order valence-corrected chi connectivity index (χ3v) is 3.62. The summed E-state index contributed by atoms with van der Waals surface area (Å²) in [5.74, 6) is 2.18. The summed E-state index contributed by atoms with van der Waals surface area (Å²) in [5.41, 5.74) is 1.80. The van der Waals surface area contributed by atoms with Gasteiger partial charge in [0.15, 0.2) is 11.5 Å². The minimum Gasteiger partial charge on any atom is -0.497 e. The number of ether oxygens (including phenoxy) is 3. The summed E-state index contributed by atoms with van der Waals surface area (Å²) in [6.07, 6.45) is 1.03. The summed E-state index contributed by atoms with van der Waals surface area (Å²) in [6.45, 7) is 5.03. The molecule has 0 bridgehead atoms. The topological polar surface area (TPSA) is 56.8 Å². The van der Waals surface area contributed by atoms with E-state index in [9.17, 15) is 4.79 Å². The molecular formula is C20H25NO4. The second kappa shape index (κ2) is 9.57. The fourth-order valence-electron chi connectivity index (χ4n) is 2.41. The molecular weight excluding hydrogens is 318 g/mol. The number of rotatable bonds is 9. The van der Waals surface area contributed by atoms with Gasteiger partial charge in [0.05, 0.1) is 20.3 Å². The predicted molar refractivity (Wildman–Crippen MR) is 98.7 cm³/mol. The average molecular weight is 343 g/mol. The molecule has 2 aromatic carbocycles. The molecule has 0 saturated heterocycles. The van der Waals surface area contributed by atoms with Gasteiger partial charge in [0.2, 0.25) is 5.91 Å². The van der Waals surface area contributed by atoms with Crippen LogP contribution in [0.25, 0.3) is 0 Å². The van der Waals surface area contributed by atoms with Gasteiger partial charge in [-0.1, -0.05) is 6.07 Å². The molecule has 5 nitrogen and oxygen atoms in total. The first-order chi connectivity index (χ1) is 12.2. The summed E-state index contributed by atoms with van der Waals surface area (Å²) in [6, 6.07) is 13.1. The van der Waals surface area contributed by atoms with E-state index in [1.165, 1.54) is 0 Å². The lowest BCUT2D eigenvalue weighted by Gasteiger charge is -2.12. The Kier molecular flexibility index (Phi) is 7.14. The lowest BCUT2D eigenvalue weighted by molar-refractivity contribution is -0.116. The number of carbonyl (C=O) groups is 1. The zero-order valence-electron chi connectivity index (χ0n) is 15.0. The van der Waals surface area contributed by atoms with Crippen LogP contribution >= 0.6 is 0 Å². The van der Waals surface area contributed by atoms with Gasteiger partial charge in [-0.2, -0.15) is 0 Å². The Morgan fingerprint density at radius 2 is 1.64 bits per heavy atom. The highest BCUT2D eigenvalue weighted by molar-refractivity contribution is 5.90. The van der Waals surface area contributed by atoms with Crippen LogP contribution in [0.2, 0.25) is 0 Å². The van der Waals surface area contributed by atoms with Crippen LogP contribution in [-0.2, 0) is 11.2 Å². The molecule has 0 aromatic heterocycles. The zero-order valence-corrected chi connectivity index (χ0v) is 15.0. The quantitative estimate of drug-likeness (QED) is 0.746. The maximum atomic E-state index is 12.1. The number of amides is 1. The third kappa shape index (κ3) is 5.71. The maximum Gasteiger partial charge on any atom is 0.224 e. The maximum absolute atomic E-state index is 12.1. The Balaban J connectivity index is 1.92. The first kappa shape index (κ1) is 18.6. The van der Waals surface area contributed by atoms with Crippen molar-refractivity contribution in [2.24, 2.45) is 0 Å². The van der Waals surface area contributed by atoms with Crippen molar-refractivity contribution in [2.75, 3.05) is 25.6 Å². The smallest absolute Gasteiger partial charge is 0.224 e. The van der Waals surface area contributed by atoms with Gasteiger partial charge in [-0.05, 0) is 62.2 Å². The standard InChI is InChI=1S/C20H25NO4/c1-4-24-18-12-6-15(14-19(18)25-5-2)7-13-20(22)21-16-8-10-17(23-3)11-9-16/h6,8-12,14H,4-5,7,13H2,1-3H3,(H,21,22). The number of nitrogens with one attached hydrogen (secondary N) is 1. The van der Waals surface area contributed by atoms with Crippen molar-refractivity contribution in [3.8, 4) is 17.2 Å². The largest absolute Gasteiger partial charge is 0.497 e. The second-order valence-electron chi connectivity index (χ2n) is 5.42. The molecule has 0 aliphatic heterocycles. The monoisotopic (exact) mass is 343 g/mol. The van der Waals surface area contributed by atoms with Crippen LogP contribution in [0.5, 0.6) is 17.2 Å². The third-order valence-electron chi connectivity index (χ3n) is 3.62. The summed E-state index contributed by atoms with van der Waals surface area (Å²) in [5, 5.41) is 2.88. The van der Waals surface area contributed by atoms with Crippen LogP contribution in [0.4, 0.5) is 5.69 Å². The molecule has 1 N–H and O–H groups in total. The van der Waals surface area contributed by atoms with Gasteiger partial charge in [0, 0.05) is 12.1 Å². The van der Waals surface area contributed by atoms with E-state index in [-0.39, 0.29) is 5.91 Å². The number of carbonyl (C=O) groups excluding carboxylic acids is 1. The molecule has 25 heavy (non-hydrogen) atoms. The van der Waals surface area contributed by atoms with Crippen molar-refractivity contribution in [2.45, 2.75) is 26.7 Å². The van der Waals surface area contributed by atoms with E-state index in [0.29, 0.717) is 26.1 Å². The Morgan fingerprint density at radius 3 is 2.28 bits per heavy atom. The highest BCUT2D eigenvalue weighted by atomic mass is 16.5. The van der Waals surface area contributed by atoms with Gasteiger partial charge in [-0.3, -0.25) is 4.79 Å². The van der Waals surface area contributed by atoms with E-state index >= 15 is 0 Å². The van der Waals surface area contributed by atoms with Crippen molar-refractivity contribution < 1.29 is 19.0 Å². The Hall–Kier alpha value is -2.69. The van der Waals surface area contributed by atoms with E-state index in [2.05, 4.69) is 5.32 Å². The van der Waals surface area contributed by atoms with Gasteiger partial charge >= 0.3 is 0 Å². The molecule has 0 saturated carbocycles. The highest BCUT2D eigenvalue weighted by Crippen LogP contribution is 2.29. The number of hydrogen-bond acceptors (Lipinski definition) is 4. The summed E-state index contributed by atoms with van der Waals surface area (Å²) in [7, 11) is 1.61. The van der Waals surface area contributed by atoms with Gasteiger partial charge in [0.25, 0.3) is 0 Å². The molecule has 0 radical (unpaired) electrons. The average Bonchev–Trinajstić information content (AvgIpc) is 2.63. The van der Waals surface area contributed by atoms with Crippen molar-refractivity contribution in [3.05, 3.63) is 48.0 Å². The van der Waals surface area contributed by atoms with E-state index in [4.69, 9.17) is 14.2 Å². The van der Waals surface area contributed by atoms with Gasteiger partial charge in [-0.25, -0.2) is 0 Å². The molecule has 2 aromatic rings. The van der Waals surface area contributed by atoms with Crippen molar-refractivity contribution >= 4 is 11.6 Å².